The van der Waals surface area contributed by atoms with Crippen LogP contribution in [0.15, 0.2) is 53.7 Å². The van der Waals surface area contributed by atoms with Crippen LogP contribution in [0.1, 0.15) is 11.3 Å². The Labute approximate surface area is 122 Å². The van der Waals surface area contributed by atoms with Gasteiger partial charge in [0.1, 0.15) is 5.69 Å². The third-order valence-corrected chi connectivity index (χ3v) is 2.92. The van der Waals surface area contributed by atoms with Crippen LogP contribution in [0.4, 0.5) is 0 Å². The fraction of sp³-hybridized carbons (Fsp3) is 0.133. The Kier molecular flexibility index (Phi) is 5.10. The van der Waals surface area contributed by atoms with E-state index in [4.69, 9.17) is 16.9 Å². The van der Waals surface area contributed by atoms with Crippen molar-refractivity contribution in [2.24, 2.45) is 4.99 Å². The lowest BCUT2D eigenvalue weighted by molar-refractivity contribution is 0.955. The first-order valence-electron chi connectivity index (χ1n) is 6.15. The lowest BCUT2D eigenvalue weighted by atomic mass is 10.1. The summed E-state index contributed by atoms with van der Waals surface area (Å²) >= 11 is 5.84. The summed E-state index contributed by atoms with van der Waals surface area (Å²) in [6.45, 7) is 0.572. The zero-order valence-electron chi connectivity index (χ0n) is 10.8. The van der Waals surface area contributed by atoms with Crippen molar-refractivity contribution in [2.75, 3.05) is 6.54 Å². The number of halogens is 1. The monoisotopic (exact) mass is 284 g/mol. The van der Waals surface area contributed by atoms with Gasteiger partial charge >= 0.3 is 0 Å². The van der Waals surface area contributed by atoms with Crippen LogP contribution in [0.3, 0.4) is 0 Å². The highest BCUT2D eigenvalue weighted by Crippen LogP contribution is 2.10. The topological polar surface area (TPSA) is 61.1 Å². The summed E-state index contributed by atoms with van der Waals surface area (Å²) in [7, 11) is 0. The molecule has 0 fully saturated rings. The fourth-order valence-electron chi connectivity index (χ4n) is 1.69. The Hall–Kier alpha value is -2.38. The Morgan fingerprint density at radius 2 is 2.05 bits per heavy atom. The van der Waals surface area contributed by atoms with E-state index in [-0.39, 0.29) is 0 Å². The first kappa shape index (κ1) is 14.0. The third-order valence-electron chi connectivity index (χ3n) is 2.67. The van der Waals surface area contributed by atoms with Crippen molar-refractivity contribution in [2.45, 2.75) is 6.42 Å². The molecule has 5 heteroatoms. The molecule has 20 heavy (non-hydrogen) atoms. The molecule has 0 aliphatic carbocycles. The van der Waals surface area contributed by atoms with Crippen LogP contribution in [0, 0.1) is 11.5 Å². The summed E-state index contributed by atoms with van der Waals surface area (Å²) in [6, 6.07) is 13.1. The quantitative estimate of drug-likeness (QED) is 0.406. The molecule has 100 valence electrons. The minimum atomic E-state index is 0.488. The maximum Gasteiger partial charge on any atom is 0.182 e. The minimum absolute atomic E-state index is 0.488. The molecule has 0 saturated heterocycles. The summed E-state index contributed by atoms with van der Waals surface area (Å²) < 4.78 is 0. The number of nitrogens with one attached hydrogen (secondary N) is 1. The molecule has 1 aromatic carbocycles. The number of rotatable bonds is 4. The van der Waals surface area contributed by atoms with E-state index >= 15 is 0 Å². The SMILES string of the molecule is N#CNC(=NCCc1ccc(Cl)cc1)c1ccccn1. The minimum Gasteiger partial charge on any atom is -0.275 e. The van der Waals surface area contributed by atoms with Gasteiger partial charge in [0, 0.05) is 17.8 Å². The second-order valence-corrected chi connectivity index (χ2v) is 4.50. The summed E-state index contributed by atoms with van der Waals surface area (Å²) in [5, 5.41) is 12.0. The number of benzene rings is 1. The first-order chi connectivity index (χ1) is 9.79. The lowest BCUT2D eigenvalue weighted by Crippen LogP contribution is -2.21. The summed E-state index contributed by atoms with van der Waals surface area (Å²) in [5.41, 5.74) is 1.81. The highest BCUT2D eigenvalue weighted by atomic mass is 35.5. The molecule has 0 amide bonds. The maximum atomic E-state index is 8.76. The van der Waals surface area contributed by atoms with E-state index in [0.717, 1.165) is 17.0 Å². The van der Waals surface area contributed by atoms with Gasteiger partial charge in [-0.15, -0.1) is 0 Å². The molecule has 0 atom stereocenters. The molecule has 1 N–H and O–H groups in total. The molecule has 1 heterocycles. The molecule has 2 aromatic rings. The average molecular weight is 285 g/mol. The summed E-state index contributed by atoms with van der Waals surface area (Å²) in [5.74, 6) is 0.488. The fourth-order valence-corrected chi connectivity index (χ4v) is 1.81. The molecular formula is C15H13ClN4. The van der Waals surface area contributed by atoms with Crippen molar-refractivity contribution in [1.29, 1.82) is 5.26 Å². The van der Waals surface area contributed by atoms with Crippen molar-refractivity contribution in [3.8, 4) is 6.19 Å². The molecule has 0 aliphatic heterocycles. The number of amidine groups is 1. The van der Waals surface area contributed by atoms with Crippen LogP contribution in [-0.2, 0) is 6.42 Å². The van der Waals surface area contributed by atoms with Gasteiger partial charge in [0.2, 0.25) is 0 Å². The van der Waals surface area contributed by atoms with Gasteiger partial charge in [-0.3, -0.25) is 15.3 Å². The third kappa shape index (κ3) is 4.08. The van der Waals surface area contributed by atoms with Crippen molar-refractivity contribution in [3.05, 3.63) is 64.9 Å². The Morgan fingerprint density at radius 1 is 1.25 bits per heavy atom. The number of pyridine rings is 1. The first-order valence-corrected chi connectivity index (χ1v) is 6.53. The predicted molar refractivity (Wildman–Crippen MR) is 79.5 cm³/mol. The van der Waals surface area contributed by atoms with Gasteiger partial charge in [0.15, 0.2) is 12.0 Å². The number of nitriles is 1. The molecule has 0 bridgehead atoms. The number of nitrogens with zero attached hydrogens (tertiary/aromatic N) is 3. The maximum absolute atomic E-state index is 8.76. The summed E-state index contributed by atoms with van der Waals surface area (Å²) in [6.07, 6.45) is 4.33. The van der Waals surface area contributed by atoms with Gasteiger partial charge in [-0.1, -0.05) is 29.8 Å². The highest BCUT2D eigenvalue weighted by Gasteiger charge is 2.02. The predicted octanol–water partition coefficient (Wildman–Crippen LogP) is 2.79. The zero-order chi connectivity index (χ0) is 14.2. The summed E-state index contributed by atoms with van der Waals surface area (Å²) in [4.78, 5) is 8.56. The molecule has 0 saturated carbocycles. The van der Waals surface area contributed by atoms with Crippen LogP contribution in [0.25, 0.3) is 0 Å². The Bertz CT molecular complexity index is 615. The van der Waals surface area contributed by atoms with Gasteiger partial charge in [-0.2, -0.15) is 5.26 Å². The number of hydrogen-bond donors (Lipinski definition) is 1. The van der Waals surface area contributed by atoms with Gasteiger partial charge in [-0.25, -0.2) is 0 Å². The van der Waals surface area contributed by atoms with E-state index in [1.165, 1.54) is 0 Å². The Balaban J connectivity index is 2.03. The molecule has 1 aromatic heterocycles. The molecule has 0 radical (unpaired) electrons. The largest absolute Gasteiger partial charge is 0.275 e. The van der Waals surface area contributed by atoms with Gasteiger partial charge in [0.05, 0.1) is 0 Å². The van der Waals surface area contributed by atoms with E-state index in [2.05, 4.69) is 15.3 Å². The number of aliphatic imine (C=N–C) groups is 1. The number of aromatic nitrogens is 1. The molecule has 4 nitrogen and oxygen atoms in total. The molecule has 2 rings (SSSR count). The number of hydrogen-bond acceptors (Lipinski definition) is 3. The average Bonchev–Trinajstić information content (AvgIpc) is 2.49. The van der Waals surface area contributed by atoms with E-state index in [1.807, 2.05) is 48.7 Å². The van der Waals surface area contributed by atoms with E-state index in [9.17, 15) is 0 Å². The molecule has 0 aliphatic rings. The van der Waals surface area contributed by atoms with Crippen LogP contribution < -0.4 is 5.32 Å². The molecule has 0 spiro atoms. The van der Waals surface area contributed by atoms with Crippen molar-refractivity contribution in [3.63, 3.8) is 0 Å². The van der Waals surface area contributed by atoms with Crippen LogP contribution in [-0.4, -0.2) is 17.4 Å². The van der Waals surface area contributed by atoms with Crippen molar-refractivity contribution < 1.29 is 0 Å². The van der Waals surface area contributed by atoms with Crippen LogP contribution in [0.5, 0.6) is 0 Å². The van der Waals surface area contributed by atoms with E-state index in [1.54, 1.807) is 6.20 Å². The highest BCUT2D eigenvalue weighted by molar-refractivity contribution is 6.30. The van der Waals surface area contributed by atoms with Gasteiger partial charge in [-0.05, 0) is 36.2 Å². The van der Waals surface area contributed by atoms with E-state index < -0.39 is 0 Å². The lowest BCUT2D eigenvalue weighted by Gasteiger charge is -2.03. The molecule has 0 unspecified atom stereocenters. The van der Waals surface area contributed by atoms with E-state index in [0.29, 0.717) is 18.1 Å². The van der Waals surface area contributed by atoms with Crippen LogP contribution in [0.2, 0.25) is 5.02 Å². The van der Waals surface area contributed by atoms with Gasteiger partial charge in [0.25, 0.3) is 0 Å². The Morgan fingerprint density at radius 3 is 2.70 bits per heavy atom. The molecular weight excluding hydrogens is 272 g/mol. The van der Waals surface area contributed by atoms with Crippen LogP contribution >= 0.6 is 11.6 Å². The zero-order valence-corrected chi connectivity index (χ0v) is 11.5. The smallest absolute Gasteiger partial charge is 0.182 e. The van der Waals surface area contributed by atoms with Crippen molar-refractivity contribution >= 4 is 17.4 Å². The normalized spacial score (nSPS) is 10.9. The standard InChI is InChI=1S/C15H13ClN4/c16-13-6-4-12(5-7-13)8-10-19-15(20-11-17)14-3-1-2-9-18-14/h1-7,9H,8,10H2,(H,19,20). The van der Waals surface area contributed by atoms with Crippen molar-refractivity contribution in [1.82, 2.24) is 10.3 Å². The van der Waals surface area contributed by atoms with Gasteiger partial charge < -0.3 is 0 Å². The second kappa shape index (κ2) is 7.27. The second-order valence-electron chi connectivity index (χ2n) is 4.06.